The summed E-state index contributed by atoms with van der Waals surface area (Å²) in [6.07, 6.45) is 0.846. The quantitative estimate of drug-likeness (QED) is 0.841. The molecule has 0 unspecified atom stereocenters. The molecule has 0 saturated heterocycles. The molecule has 0 amide bonds. The van der Waals surface area contributed by atoms with E-state index in [-0.39, 0.29) is 0 Å². The van der Waals surface area contributed by atoms with Crippen LogP contribution in [0, 0.1) is 0 Å². The van der Waals surface area contributed by atoms with Crippen molar-refractivity contribution >= 4 is 0 Å². The highest BCUT2D eigenvalue weighted by Gasteiger charge is 2.06. The van der Waals surface area contributed by atoms with Crippen LogP contribution in [-0.2, 0) is 13.0 Å². The van der Waals surface area contributed by atoms with Gasteiger partial charge in [-0.05, 0) is 43.1 Å². The Morgan fingerprint density at radius 1 is 0.900 bits per heavy atom. The predicted octanol–water partition coefficient (Wildman–Crippen LogP) is 3.17. The van der Waals surface area contributed by atoms with Crippen LogP contribution in [0.4, 0.5) is 0 Å². The SMILES string of the molecule is CCOc1cc(CCN)ccc1OCc1ccccc1. The third kappa shape index (κ3) is 4.00. The third-order valence-electron chi connectivity index (χ3n) is 2.98. The van der Waals surface area contributed by atoms with Crippen LogP contribution in [-0.4, -0.2) is 13.2 Å². The molecule has 106 valence electrons. The van der Waals surface area contributed by atoms with Crippen LogP contribution in [0.5, 0.6) is 11.5 Å². The monoisotopic (exact) mass is 271 g/mol. The zero-order chi connectivity index (χ0) is 14.2. The Hall–Kier alpha value is -2.00. The van der Waals surface area contributed by atoms with Crippen LogP contribution < -0.4 is 15.2 Å². The molecule has 0 atom stereocenters. The lowest BCUT2D eigenvalue weighted by Crippen LogP contribution is -2.04. The Balaban J connectivity index is 2.09. The highest BCUT2D eigenvalue weighted by molar-refractivity contribution is 5.43. The Bertz CT molecular complexity index is 526. The van der Waals surface area contributed by atoms with Crippen molar-refractivity contribution in [2.24, 2.45) is 5.73 Å². The van der Waals surface area contributed by atoms with E-state index in [1.54, 1.807) is 0 Å². The fourth-order valence-electron chi connectivity index (χ4n) is 2.00. The van der Waals surface area contributed by atoms with Crippen molar-refractivity contribution in [1.82, 2.24) is 0 Å². The van der Waals surface area contributed by atoms with E-state index in [1.807, 2.05) is 55.5 Å². The molecule has 0 bridgehead atoms. The lowest BCUT2D eigenvalue weighted by molar-refractivity contribution is 0.269. The van der Waals surface area contributed by atoms with Crippen LogP contribution in [0.15, 0.2) is 48.5 Å². The first-order chi connectivity index (χ1) is 9.83. The molecule has 2 aromatic carbocycles. The summed E-state index contributed by atoms with van der Waals surface area (Å²) >= 11 is 0. The second-order valence-corrected chi connectivity index (χ2v) is 4.53. The Morgan fingerprint density at radius 2 is 1.70 bits per heavy atom. The van der Waals surface area contributed by atoms with Crippen LogP contribution in [0.2, 0.25) is 0 Å². The summed E-state index contributed by atoms with van der Waals surface area (Å²) in [6, 6.07) is 16.1. The molecule has 0 aromatic heterocycles. The molecule has 20 heavy (non-hydrogen) atoms. The molecule has 0 aliphatic carbocycles. The summed E-state index contributed by atoms with van der Waals surface area (Å²) in [6.45, 7) is 3.76. The van der Waals surface area contributed by atoms with Gasteiger partial charge in [-0.1, -0.05) is 36.4 Å². The lowest BCUT2D eigenvalue weighted by Gasteiger charge is -2.13. The van der Waals surface area contributed by atoms with Gasteiger partial charge in [0.2, 0.25) is 0 Å². The van der Waals surface area contributed by atoms with Gasteiger partial charge in [-0.2, -0.15) is 0 Å². The van der Waals surface area contributed by atoms with E-state index in [4.69, 9.17) is 15.2 Å². The van der Waals surface area contributed by atoms with Crippen LogP contribution in [0.25, 0.3) is 0 Å². The fraction of sp³-hybridized carbons (Fsp3) is 0.294. The molecule has 0 aliphatic heterocycles. The Kier molecular flexibility index (Phi) is 5.44. The summed E-state index contributed by atoms with van der Waals surface area (Å²) in [5, 5.41) is 0. The standard InChI is InChI=1S/C17H21NO2/c1-2-19-17-12-14(10-11-18)8-9-16(17)20-13-15-6-4-3-5-7-15/h3-9,12H,2,10-11,13,18H2,1H3. The first kappa shape index (κ1) is 14.4. The minimum absolute atomic E-state index is 0.539. The van der Waals surface area contributed by atoms with Crippen molar-refractivity contribution in [1.29, 1.82) is 0 Å². The van der Waals surface area contributed by atoms with Crippen molar-refractivity contribution in [3.63, 3.8) is 0 Å². The van der Waals surface area contributed by atoms with Gasteiger partial charge < -0.3 is 15.2 Å². The molecule has 3 nitrogen and oxygen atoms in total. The van der Waals surface area contributed by atoms with Crippen molar-refractivity contribution in [3.05, 3.63) is 59.7 Å². The van der Waals surface area contributed by atoms with E-state index in [0.29, 0.717) is 19.8 Å². The highest BCUT2D eigenvalue weighted by Crippen LogP contribution is 2.29. The third-order valence-corrected chi connectivity index (χ3v) is 2.98. The summed E-state index contributed by atoms with van der Waals surface area (Å²) in [4.78, 5) is 0. The molecular weight excluding hydrogens is 250 g/mol. The van der Waals surface area contributed by atoms with E-state index in [0.717, 1.165) is 23.5 Å². The van der Waals surface area contributed by atoms with Gasteiger partial charge in [0.1, 0.15) is 6.61 Å². The average Bonchev–Trinajstić information content (AvgIpc) is 2.48. The number of benzene rings is 2. The maximum atomic E-state index is 5.85. The van der Waals surface area contributed by atoms with E-state index in [1.165, 1.54) is 5.56 Å². The molecule has 2 N–H and O–H groups in total. The average molecular weight is 271 g/mol. The lowest BCUT2D eigenvalue weighted by atomic mass is 10.1. The Morgan fingerprint density at radius 3 is 2.40 bits per heavy atom. The fourth-order valence-corrected chi connectivity index (χ4v) is 2.00. The molecule has 0 aliphatic rings. The second kappa shape index (κ2) is 7.56. The summed E-state index contributed by atoms with van der Waals surface area (Å²) < 4.78 is 11.5. The number of nitrogens with two attached hydrogens (primary N) is 1. The zero-order valence-corrected chi connectivity index (χ0v) is 11.8. The van der Waals surface area contributed by atoms with Gasteiger partial charge in [-0.25, -0.2) is 0 Å². The first-order valence-electron chi connectivity index (χ1n) is 6.96. The molecule has 0 heterocycles. The molecule has 2 rings (SSSR count). The minimum atomic E-state index is 0.539. The Labute approximate surface area is 120 Å². The minimum Gasteiger partial charge on any atom is -0.490 e. The number of rotatable bonds is 7. The number of ether oxygens (including phenoxy) is 2. The topological polar surface area (TPSA) is 44.5 Å². The van der Waals surface area contributed by atoms with Gasteiger partial charge in [-0.3, -0.25) is 0 Å². The van der Waals surface area contributed by atoms with E-state index < -0.39 is 0 Å². The molecular formula is C17H21NO2. The maximum absolute atomic E-state index is 5.85. The molecule has 0 radical (unpaired) electrons. The molecule has 2 aromatic rings. The normalized spacial score (nSPS) is 10.3. The number of hydrogen-bond donors (Lipinski definition) is 1. The van der Waals surface area contributed by atoms with Crippen molar-refractivity contribution in [2.45, 2.75) is 20.0 Å². The van der Waals surface area contributed by atoms with Crippen LogP contribution in [0.3, 0.4) is 0 Å². The van der Waals surface area contributed by atoms with E-state index >= 15 is 0 Å². The summed E-state index contributed by atoms with van der Waals surface area (Å²) in [5.41, 5.74) is 7.89. The largest absolute Gasteiger partial charge is 0.490 e. The predicted molar refractivity (Wildman–Crippen MR) is 81.1 cm³/mol. The van der Waals surface area contributed by atoms with Crippen molar-refractivity contribution in [2.75, 3.05) is 13.2 Å². The summed E-state index contributed by atoms with van der Waals surface area (Å²) in [7, 11) is 0. The van der Waals surface area contributed by atoms with Crippen molar-refractivity contribution in [3.8, 4) is 11.5 Å². The first-order valence-corrected chi connectivity index (χ1v) is 6.96. The second-order valence-electron chi connectivity index (χ2n) is 4.53. The van der Waals surface area contributed by atoms with E-state index in [9.17, 15) is 0 Å². The van der Waals surface area contributed by atoms with Gasteiger partial charge >= 0.3 is 0 Å². The van der Waals surface area contributed by atoms with Crippen LogP contribution >= 0.6 is 0 Å². The number of hydrogen-bond acceptors (Lipinski definition) is 3. The maximum Gasteiger partial charge on any atom is 0.161 e. The van der Waals surface area contributed by atoms with Gasteiger partial charge in [0.25, 0.3) is 0 Å². The molecule has 0 fully saturated rings. The van der Waals surface area contributed by atoms with E-state index in [2.05, 4.69) is 0 Å². The highest BCUT2D eigenvalue weighted by atomic mass is 16.5. The zero-order valence-electron chi connectivity index (χ0n) is 11.8. The van der Waals surface area contributed by atoms with Gasteiger partial charge in [0.05, 0.1) is 6.61 Å². The van der Waals surface area contributed by atoms with Gasteiger partial charge in [-0.15, -0.1) is 0 Å². The van der Waals surface area contributed by atoms with Crippen LogP contribution in [0.1, 0.15) is 18.1 Å². The summed E-state index contributed by atoms with van der Waals surface area (Å²) in [5.74, 6) is 1.56. The van der Waals surface area contributed by atoms with Crippen molar-refractivity contribution < 1.29 is 9.47 Å². The molecule has 3 heteroatoms. The van der Waals surface area contributed by atoms with Gasteiger partial charge in [0.15, 0.2) is 11.5 Å². The van der Waals surface area contributed by atoms with Gasteiger partial charge in [0, 0.05) is 0 Å². The smallest absolute Gasteiger partial charge is 0.161 e. The molecule has 0 spiro atoms. The molecule has 0 saturated carbocycles.